The van der Waals surface area contributed by atoms with Crippen LogP contribution in [0.15, 0.2) is 0 Å². The van der Waals surface area contributed by atoms with E-state index in [1.54, 1.807) is 0 Å². The van der Waals surface area contributed by atoms with Gasteiger partial charge in [-0.15, -0.1) is 0 Å². The van der Waals surface area contributed by atoms with Crippen LogP contribution in [-0.2, 0) is 0 Å². The molecule has 0 aromatic carbocycles. The van der Waals surface area contributed by atoms with Gasteiger partial charge in [-0.05, 0) is 26.7 Å². The first-order valence-corrected chi connectivity index (χ1v) is 5.16. The number of hydrogen-bond donors (Lipinski definition) is 0. The minimum atomic E-state index is 0.558. The zero-order chi connectivity index (χ0) is 9.40. The maximum atomic E-state index is 4.51. The zero-order valence-corrected chi connectivity index (χ0v) is 9.01. The van der Waals surface area contributed by atoms with Gasteiger partial charge >= 0.3 is 0 Å². The van der Waals surface area contributed by atoms with Gasteiger partial charge in [0.15, 0.2) is 0 Å². The topological polar surface area (TPSA) is 17.3 Å². The predicted molar refractivity (Wildman–Crippen MR) is 54.0 cm³/mol. The van der Waals surface area contributed by atoms with Crippen LogP contribution < -0.4 is 5.43 Å². The lowest BCUT2D eigenvalue weighted by Gasteiger charge is -2.24. The molecule has 2 nitrogen and oxygen atoms in total. The molecular weight excluding hydrogens is 148 g/mol. The zero-order valence-electron chi connectivity index (χ0n) is 9.01. The highest BCUT2D eigenvalue weighted by atomic mass is 15.5. The quantitative estimate of drug-likeness (QED) is 0.538. The van der Waals surface area contributed by atoms with Crippen LogP contribution in [0.4, 0.5) is 0 Å². The van der Waals surface area contributed by atoms with Crippen molar-refractivity contribution < 1.29 is 0 Å². The third-order valence-corrected chi connectivity index (χ3v) is 1.84. The lowest BCUT2D eigenvalue weighted by molar-refractivity contribution is 0.134. The molecule has 0 aromatic heterocycles. The summed E-state index contributed by atoms with van der Waals surface area (Å²) in [4.78, 5) is 0. The van der Waals surface area contributed by atoms with Crippen LogP contribution in [0.1, 0.15) is 47.0 Å². The fourth-order valence-electron chi connectivity index (χ4n) is 1.04. The summed E-state index contributed by atoms with van der Waals surface area (Å²) >= 11 is 0. The van der Waals surface area contributed by atoms with Gasteiger partial charge in [-0.25, -0.2) is 5.01 Å². The average Bonchev–Trinajstić information content (AvgIpc) is 2.04. The Hall–Kier alpha value is -0.0800. The van der Waals surface area contributed by atoms with Crippen molar-refractivity contribution in [3.8, 4) is 0 Å². The maximum absolute atomic E-state index is 4.51. The lowest BCUT2D eigenvalue weighted by Crippen LogP contribution is -2.38. The van der Waals surface area contributed by atoms with Crippen molar-refractivity contribution in [3.63, 3.8) is 0 Å². The Bertz CT molecular complexity index is 83.8. The Morgan fingerprint density at radius 1 is 1.17 bits per heavy atom. The summed E-state index contributed by atoms with van der Waals surface area (Å²) in [5.74, 6) is 0. The normalized spacial score (nSPS) is 11.5. The van der Waals surface area contributed by atoms with Gasteiger partial charge < -0.3 is 0 Å². The first-order chi connectivity index (χ1) is 5.72. The Labute approximate surface area is 77.3 Å². The van der Waals surface area contributed by atoms with Gasteiger partial charge in [-0.1, -0.05) is 20.3 Å². The minimum absolute atomic E-state index is 0.558. The smallest absolute Gasteiger partial charge is 0.0304 e. The molecular formula is C10H23N2. The third kappa shape index (κ3) is 5.56. The van der Waals surface area contributed by atoms with Crippen molar-refractivity contribution in [2.24, 2.45) is 0 Å². The van der Waals surface area contributed by atoms with Gasteiger partial charge in [-0.3, -0.25) is 0 Å². The van der Waals surface area contributed by atoms with Gasteiger partial charge in [0.25, 0.3) is 0 Å². The molecule has 0 atom stereocenters. The number of rotatable bonds is 7. The van der Waals surface area contributed by atoms with E-state index in [1.165, 1.54) is 12.8 Å². The van der Waals surface area contributed by atoms with Crippen LogP contribution in [0.2, 0.25) is 0 Å². The van der Waals surface area contributed by atoms with E-state index in [0.717, 1.165) is 19.5 Å². The molecule has 0 amide bonds. The molecule has 12 heavy (non-hydrogen) atoms. The van der Waals surface area contributed by atoms with Crippen LogP contribution in [0.3, 0.4) is 0 Å². The number of hydrogen-bond acceptors (Lipinski definition) is 1. The van der Waals surface area contributed by atoms with Gasteiger partial charge in [-0.2, -0.15) is 5.43 Å². The van der Waals surface area contributed by atoms with Crippen LogP contribution >= 0.6 is 0 Å². The van der Waals surface area contributed by atoms with E-state index < -0.39 is 0 Å². The first kappa shape index (κ1) is 11.9. The van der Waals surface area contributed by atoms with Crippen LogP contribution in [0.25, 0.3) is 0 Å². The summed E-state index contributed by atoms with van der Waals surface area (Å²) in [6, 6.07) is 0.558. The Morgan fingerprint density at radius 3 is 2.25 bits per heavy atom. The van der Waals surface area contributed by atoms with E-state index in [2.05, 4.69) is 38.1 Å². The molecule has 0 spiro atoms. The van der Waals surface area contributed by atoms with Crippen LogP contribution in [0, 0.1) is 0 Å². The van der Waals surface area contributed by atoms with E-state index in [1.807, 2.05) is 0 Å². The molecule has 0 unspecified atom stereocenters. The van der Waals surface area contributed by atoms with Crippen molar-refractivity contribution in [2.75, 3.05) is 13.1 Å². The fourth-order valence-corrected chi connectivity index (χ4v) is 1.04. The summed E-state index contributed by atoms with van der Waals surface area (Å²) in [6.07, 6.45) is 3.66. The van der Waals surface area contributed by atoms with Gasteiger partial charge in [0, 0.05) is 19.1 Å². The second kappa shape index (κ2) is 7.56. The standard InChI is InChI=1S/C10H23N2/c1-5-7-9-12(10(3)4)11-8-6-2/h10H,5-9H2,1-4H3. The van der Waals surface area contributed by atoms with E-state index in [4.69, 9.17) is 0 Å². The Balaban J connectivity index is 3.55. The van der Waals surface area contributed by atoms with Crippen molar-refractivity contribution in [2.45, 2.75) is 53.0 Å². The van der Waals surface area contributed by atoms with Crippen LogP contribution in [-0.4, -0.2) is 24.1 Å². The third-order valence-electron chi connectivity index (χ3n) is 1.84. The van der Waals surface area contributed by atoms with E-state index in [-0.39, 0.29) is 0 Å². The monoisotopic (exact) mass is 171 g/mol. The molecule has 0 heterocycles. The predicted octanol–water partition coefficient (Wildman–Crippen LogP) is 2.43. The molecule has 0 aromatic rings. The molecule has 1 radical (unpaired) electrons. The Kier molecular flexibility index (Phi) is 7.51. The highest BCUT2D eigenvalue weighted by Crippen LogP contribution is 1.99. The molecule has 0 aliphatic heterocycles. The largest absolute Gasteiger partial charge is 0.224 e. The summed E-state index contributed by atoms with van der Waals surface area (Å²) in [6.45, 7) is 10.9. The minimum Gasteiger partial charge on any atom is -0.224 e. The van der Waals surface area contributed by atoms with Crippen LogP contribution in [0.5, 0.6) is 0 Å². The van der Waals surface area contributed by atoms with Crippen molar-refractivity contribution in [1.82, 2.24) is 10.4 Å². The molecule has 0 rings (SSSR count). The molecule has 0 N–H and O–H groups in total. The maximum Gasteiger partial charge on any atom is 0.0304 e. The van der Waals surface area contributed by atoms with Gasteiger partial charge in [0.2, 0.25) is 0 Å². The first-order valence-electron chi connectivity index (χ1n) is 5.16. The van der Waals surface area contributed by atoms with Gasteiger partial charge in [0.05, 0.1) is 0 Å². The molecule has 0 aliphatic rings. The Morgan fingerprint density at radius 2 is 1.83 bits per heavy atom. The van der Waals surface area contributed by atoms with Gasteiger partial charge in [0.1, 0.15) is 0 Å². The highest BCUT2D eigenvalue weighted by Gasteiger charge is 2.07. The second-order valence-corrected chi connectivity index (χ2v) is 3.48. The molecule has 0 aliphatic carbocycles. The number of unbranched alkanes of at least 4 members (excludes halogenated alkanes) is 1. The summed E-state index contributed by atoms with van der Waals surface area (Å²) < 4.78 is 0. The molecule has 0 fully saturated rings. The lowest BCUT2D eigenvalue weighted by atomic mass is 10.3. The highest BCUT2D eigenvalue weighted by molar-refractivity contribution is 4.56. The van der Waals surface area contributed by atoms with Crippen molar-refractivity contribution in [3.05, 3.63) is 0 Å². The van der Waals surface area contributed by atoms with Crippen molar-refractivity contribution in [1.29, 1.82) is 0 Å². The fraction of sp³-hybridized carbons (Fsp3) is 1.00. The van der Waals surface area contributed by atoms with E-state index in [0.29, 0.717) is 6.04 Å². The van der Waals surface area contributed by atoms with E-state index in [9.17, 15) is 0 Å². The molecule has 0 saturated carbocycles. The molecule has 0 bridgehead atoms. The molecule has 2 heteroatoms. The van der Waals surface area contributed by atoms with Crippen molar-refractivity contribution >= 4 is 0 Å². The SMILES string of the molecule is CCCCN([N]CCC)C(C)C. The second-order valence-electron chi connectivity index (χ2n) is 3.48. The molecule has 73 valence electrons. The average molecular weight is 171 g/mol. The summed E-state index contributed by atoms with van der Waals surface area (Å²) in [5, 5.41) is 2.22. The summed E-state index contributed by atoms with van der Waals surface area (Å²) in [5.41, 5.74) is 4.51. The number of nitrogens with zero attached hydrogens (tertiary/aromatic N) is 2. The molecule has 0 saturated heterocycles. The summed E-state index contributed by atoms with van der Waals surface area (Å²) in [7, 11) is 0. The van der Waals surface area contributed by atoms with E-state index >= 15 is 0 Å².